The fourth-order valence-electron chi connectivity index (χ4n) is 4.30. The molecule has 1 atom stereocenters. The number of aromatic nitrogens is 1. The molecule has 1 aliphatic heterocycles. The van der Waals surface area contributed by atoms with Gasteiger partial charge in [-0.15, -0.1) is 0 Å². The van der Waals surface area contributed by atoms with Crippen LogP contribution in [0.3, 0.4) is 0 Å². The molecule has 0 radical (unpaired) electrons. The summed E-state index contributed by atoms with van der Waals surface area (Å²) < 4.78 is 17.0. The summed E-state index contributed by atoms with van der Waals surface area (Å²) in [4.78, 5) is 32.9. The first kappa shape index (κ1) is 25.0. The van der Waals surface area contributed by atoms with Crippen LogP contribution in [0.15, 0.2) is 85.0 Å². The number of thiazole rings is 1. The smallest absolute Gasteiger partial charge is 0.301 e. The molecule has 1 aromatic heterocycles. The third kappa shape index (κ3) is 4.48. The summed E-state index contributed by atoms with van der Waals surface area (Å²) in [6.45, 7) is 3.99. The molecule has 1 saturated heterocycles. The lowest BCUT2D eigenvalue weighted by atomic mass is 9.95. The first-order valence-electron chi connectivity index (χ1n) is 11.7. The van der Waals surface area contributed by atoms with Crippen molar-refractivity contribution in [1.29, 1.82) is 0 Å². The van der Waals surface area contributed by atoms with Gasteiger partial charge in [0.1, 0.15) is 29.6 Å². The lowest BCUT2D eigenvalue weighted by molar-refractivity contribution is -0.132. The molecular formula is C29H24N2O6S. The van der Waals surface area contributed by atoms with E-state index < -0.39 is 17.7 Å². The van der Waals surface area contributed by atoms with Crippen molar-refractivity contribution in [2.45, 2.75) is 6.04 Å². The number of methoxy groups -OCH3 is 2. The summed E-state index contributed by atoms with van der Waals surface area (Å²) in [5, 5.41) is 11.7. The van der Waals surface area contributed by atoms with E-state index in [9.17, 15) is 14.7 Å². The van der Waals surface area contributed by atoms with Crippen molar-refractivity contribution >= 4 is 44.1 Å². The van der Waals surface area contributed by atoms with Crippen LogP contribution in [0.25, 0.3) is 16.0 Å². The van der Waals surface area contributed by atoms with Crippen LogP contribution in [0, 0.1) is 0 Å². The Bertz CT molecular complexity index is 1570. The van der Waals surface area contributed by atoms with Crippen LogP contribution in [-0.2, 0) is 9.59 Å². The van der Waals surface area contributed by atoms with Crippen molar-refractivity contribution in [2.75, 3.05) is 25.7 Å². The third-order valence-corrected chi connectivity index (χ3v) is 7.16. The number of carbonyl (C=O) groups excluding carboxylic acids is 2. The molecule has 1 fully saturated rings. The number of Topliss-reactive ketones (excluding diaryl/α,β-unsaturated/α-hetero) is 1. The number of aliphatic hydroxyl groups is 1. The highest BCUT2D eigenvalue weighted by Gasteiger charge is 2.48. The van der Waals surface area contributed by atoms with Gasteiger partial charge in [0, 0.05) is 5.56 Å². The molecule has 1 amide bonds. The lowest BCUT2D eigenvalue weighted by Gasteiger charge is -2.23. The summed E-state index contributed by atoms with van der Waals surface area (Å²) in [5.74, 6) is -0.130. The maximum absolute atomic E-state index is 13.5. The van der Waals surface area contributed by atoms with E-state index in [-0.39, 0.29) is 11.3 Å². The van der Waals surface area contributed by atoms with Crippen LogP contribution in [0.1, 0.15) is 17.2 Å². The van der Waals surface area contributed by atoms with Crippen LogP contribution < -0.4 is 19.1 Å². The van der Waals surface area contributed by atoms with Gasteiger partial charge in [0.15, 0.2) is 5.13 Å². The fourth-order valence-corrected chi connectivity index (χ4v) is 5.32. The number of carbonyl (C=O) groups is 2. The minimum atomic E-state index is -0.919. The van der Waals surface area contributed by atoms with E-state index in [1.165, 1.54) is 23.3 Å². The normalized spacial score (nSPS) is 16.6. The molecule has 3 aromatic carbocycles. The van der Waals surface area contributed by atoms with Gasteiger partial charge >= 0.3 is 5.91 Å². The van der Waals surface area contributed by atoms with Gasteiger partial charge < -0.3 is 19.3 Å². The molecule has 38 heavy (non-hydrogen) atoms. The molecule has 0 saturated carbocycles. The largest absolute Gasteiger partial charge is 0.507 e. The number of rotatable bonds is 8. The van der Waals surface area contributed by atoms with Crippen LogP contribution in [0.4, 0.5) is 5.13 Å². The molecule has 4 aromatic rings. The van der Waals surface area contributed by atoms with E-state index in [1.54, 1.807) is 73.8 Å². The number of nitrogens with zero attached hydrogens (tertiary/aromatic N) is 2. The van der Waals surface area contributed by atoms with Gasteiger partial charge in [0.05, 0.1) is 36.1 Å². The second-order valence-electron chi connectivity index (χ2n) is 8.40. The number of hydrogen-bond acceptors (Lipinski definition) is 8. The van der Waals surface area contributed by atoms with E-state index in [0.717, 1.165) is 4.70 Å². The summed E-state index contributed by atoms with van der Waals surface area (Å²) in [7, 11) is 3.08. The number of anilines is 1. The second kappa shape index (κ2) is 10.4. The van der Waals surface area contributed by atoms with Gasteiger partial charge in [-0.2, -0.15) is 0 Å². The first-order valence-corrected chi connectivity index (χ1v) is 12.5. The molecular weight excluding hydrogens is 504 g/mol. The van der Waals surface area contributed by atoms with Crippen molar-refractivity contribution in [2.24, 2.45) is 0 Å². The lowest BCUT2D eigenvalue weighted by Crippen LogP contribution is -2.29. The van der Waals surface area contributed by atoms with E-state index >= 15 is 0 Å². The van der Waals surface area contributed by atoms with Crippen molar-refractivity contribution < 1.29 is 28.9 Å². The fraction of sp³-hybridized carbons (Fsp3) is 0.138. The number of amides is 1. The highest BCUT2D eigenvalue weighted by Crippen LogP contribution is 2.45. The van der Waals surface area contributed by atoms with Gasteiger partial charge in [-0.1, -0.05) is 48.3 Å². The minimum Gasteiger partial charge on any atom is -0.507 e. The van der Waals surface area contributed by atoms with Crippen LogP contribution in [0.5, 0.6) is 17.2 Å². The standard InChI is InChI=1S/C29H24N2O6S/c1-4-14-37-19-10-8-17(9-11-19)25-24(26(32)18-6-5-7-20(15-18)35-2)27(33)28(34)31(25)29-30-22-13-12-21(36-3)16-23(22)38-29/h4-13,15-16,25,32H,1,14H2,2-3H3/b26-24+. The second-order valence-corrected chi connectivity index (χ2v) is 9.41. The number of aliphatic hydroxyl groups excluding tert-OH is 1. The summed E-state index contributed by atoms with van der Waals surface area (Å²) in [6, 6.07) is 18.2. The zero-order valence-electron chi connectivity index (χ0n) is 20.7. The molecule has 5 rings (SSSR count). The number of ether oxygens (including phenoxy) is 3. The minimum absolute atomic E-state index is 0.0418. The Morgan fingerprint density at radius 2 is 1.74 bits per heavy atom. The molecule has 1 aliphatic rings. The number of hydrogen-bond donors (Lipinski definition) is 1. The van der Waals surface area contributed by atoms with Gasteiger partial charge in [-0.05, 0) is 48.0 Å². The molecule has 1 N–H and O–H groups in total. The van der Waals surface area contributed by atoms with Crippen molar-refractivity contribution in [3.63, 3.8) is 0 Å². The number of ketones is 1. The van der Waals surface area contributed by atoms with Gasteiger partial charge in [0.2, 0.25) is 0 Å². The maximum Gasteiger partial charge on any atom is 0.301 e. The summed E-state index contributed by atoms with van der Waals surface area (Å²) >= 11 is 1.26. The average Bonchev–Trinajstić information content (AvgIpc) is 3.49. The molecule has 9 heteroatoms. The Labute approximate surface area is 223 Å². The third-order valence-electron chi connectivity index (χ3n) is 6.14. The molecule has 0 spiro atoms. The Kier molecular flexibility index (Phi) is 6.85. The van der Waals surface area contributed by atoms with Crippen molar-refractivity contribution in [3.8, 4) is 17.2 Å². The molecule has 0 bridgehead atoms. The van der Waals surface area contributed by atoms with Crippen LogP contribution in [0.2, 0.25) is 0 Å². The van der Waals surface area contributed by atoms with Crippen molar-refractivity contribution in [3.05, 3.63) is 96.1 Å². The number of benzene rings is 3. The zero-order valence-corrected chi connectivity index (χ0v) is 21.5. The Morgan fingerprint density at radius 1 is 1.03 bits per heavy atom. The Morgan fingerprint density at radius 3 is 2.45 bits per heavy atom. The monoisotopic (exact) mass is 528 g/mol. The van der Waals surface area contributed by atoms with Crippen LogP contribution in [-0.4, -0.2) is 42.6 Å². The van der Waals surface area contributed by atoms with Crippen LogP contribution >= 0.6 is 11.3 Å². The van der Waals surface area contributed by atoms with Gasteiger partial charge in [-0.25, -0.2) is 4.98 Å². The quantitative estimate of drug-likeness (QED) is 0.139. The van der Waals surface area contributed by atoms with E-state index in [2.05, 4.69) is 11.6 Å². The van der Waals surface area contributed by atoms with E-state index in [0.29, 0.717) is 45.6 Å². The van der Waals surface area contributed by atoms with E-state index in [1.807, 2.05) is 6.07 Å². The van der Waals surface area contributed by atoms with Gasteiger partial charge in [-0.3, -0.25) is 14.5 Å². The molecule has 2 heterocycles. The summed E-state index contributed by atoms with van der Waals surface area (Å²) in [6.07, 6.45) is 1.64. The molecule has 0 aliphatic carbocycles. The first-order chi connectivity index (χ1) is 18.4. The molecule has 192 valence electrons. The summed E-state index contributed by atoms with van der Waals surface area (Å²) in [5.41, 5.74) is 1.58. The van der Waals surface area contributed by atoms with E-state index in [4.69, 9.17) is 14.2 Å². The SMILES string of the molecule is C=CCOc1ccc(C2/C(=C(\O)c3cccc(OC)c3)C(=O)C(=O)N2c2nc3ccc(OC)cc3s2)cc1. The molecule has 8 nitrogen and oxygen atoms in total. The van der Waals surface area contributed by atoms with Gasteiger partial charge in [0.25, 0.3) is 5.78 Å². The maximum atomic E-state index is 13.5. The Balaban J connectivity index is 1.67. The average molecular weight is 529 g/mol. The molecule has 1 unspecified atom stereocenters. The zero-order chi connectivity index (χ0) is 26.8. The predicted molar refractivity (Wildman–Crippen MR) is 146 cm³/mol. The highest BCUT2D eigenvalue weighted by molar-refractivity contribution is 7.22. The topological polar surface area (TPSA) is 98.2 Å². The number of fused-ring (bicyclic) bond motifs is 1. The highest BCUT2D eigenvalue weighted by atomic mass is 32.1. The Hall–Kier alpha value is -4.63. The predicted octanol–water partition coefficient (Wildman–Crippen LogP) is 5.50. The van der Waals surface area contributed by atoms with Crippen molar-refractivity contribution in [1.82, 2.24) is 4.98 Å².